The number of aliphatic carboxylic acids is 1. The van der Waals surface area contributed by atoms with Gasteiger partial charge in [0.1, 0.15) is 5.75 Å². The van der Waals surface area contributed by atoms with Gasteiger partial charge in [0.2, 0.25) is 0 Å². The monoisotopic (exact) mass is 360 g/mol. The molecule has 4 nitrogen and oxygen atoms in total. The Morgan fingerprint density at radius 3 is 2.22 bits per heavy atom. The van der Waals surface area contributed by atoms with Gasteiger partial charge in [0, 0.05) is 5.92 Å². The lowest BCUT2D eigenvalue weighted by atomic mass is 9.55. The number of hydrogen-bond acceptors (Lipinski definition) is 3. The average Bonchev–Trinajstić information content (AvgIpc) is 2.66. The van der Waals surface area contributed by atoms with Crippen LogP contribution in [0.1, 0.15) is 18.4 Å². The summed E-state index contributed by atoms with van der Waals surface area (Å²) in [7, 11) is 0. The quantitative estimate of drug-likeness (QED) is 0.550. The van der Waals surface area contributed by atoms with Gasteiger partial charge in [-0.3, -0.25) is 9.59 Å². The summed E-state index contributed by atoms with van der Waals surface area (Å²) in [5.41, 5.74) is 0.864. The first-order chi connectivity index (χ1) is 13.1. The normalized spacial score (nSPS) is 24.2. The molecule has 0 spiro atoms. The van der Waals surface area contributed by atoms with Gasteiger partial charge in [-0.15, -0.1) is 0 Å². The van der Waals surface area contributed by atoms with Crippen molar-refractivity contribution in [3.63, 3.8) is 0 Å². The van der Waals surface area contributed by atoms with Crippen molar-refractivity contribution in [3.8, 4) is 5.75 Å². The summed E-state index contributed by atoms with van der Waals surface area (Å²) in [5, 5.41) is 11.7. The van der Waals surface area contributed by atoms with Crippen molar-refractivity contribution in [2.75, 3.05) is 0 Å². The molecule has 1 aliphatic carbocycles. The second-order valence-electron chi connectivity index (χ2n) is 7.12. The van der Waals surface area contributed by atoms with E-state index >= 15 is 0 Å². The third kappa shape index (κ3) is 3.08. The summed E-state index contributed by atoms with van der Waals surface area (Å²) in [6.07, 6.45) is 0. The molecule has 3 aromatic rings. The minimum Gasteiger partial charge on any atom is -0.481 e. The van der Waals surface area contributed by atoms with Crippen LogP contribution >= 0.6 is 0 Å². The zero-order valence-corrected chi connectivity index (χ0v) is 14.9. The number of rotatable bonds is 4. The Morgan fingerprint density at radius 1 is 0.852 bits per heavy atom. The molecule has 136 valence electrons. The van der Waals surface area contributed by atoms with Gasteiger partial charge in [-0.05, 0) is 34.4 Å². The molecule has 0 aromatic heterocycles. The standard InChI is InChI=1S/C23H20O4/c1-14-19(22(24)25)21(16-8-3-2-4-9-16)20(14)23(26)27-18-12-11-15-7-5-6-10-17(15)13-18/h2-14,19-21H,1H3,(H,24,25)/t14-,19+,20+,21-/m0/s1. The van der Waals surface area contributed by atoms with Crippen LogP contribution in [0, 0.1) is 17.8 Å². The minimum atomic E-state index is -0.869. The number of fused-ring (bicyclic) bond motifs is 1. The van der Waals surface area contributed by atoms with Crippen molar-refractivity contribution in [1.29, 1.82) is 0 Å². The van der Waals surface area contributed by atoms with Crippen molar-refractivity contribution in [1.82, 2.24) is 0 Å². The molecule has 1 N–H and O–H groups in total. The molecule has 4 heteroatoms. The Labute approximate surface area is 157 Å². The molecule has 0 amide bonds. The first-order valence-electron chi connectivity index (χ1n) is 9.04. The molecule has 1 saturated carbocycles. The maximum absolute atomic E-state index is 12.9. The van der Waals surface area contributed by atoms with Crippen molar-refractivity contribution in [2.45, 2.75) is 12.8 Å². The molecule has 0 saturated heterocycles. The second kappa shape index (κ2) is 6.88. The highest BCUT2D eigenvalue weighted by molar-refractivity contribution is 5.86. The Bertz CT molecular complexity index is 995. The van der Waals surface area contributed by atoms with E-state index in [0.717, 1.165) is 16.3 Å². The highest BCUT2D eigenvalue weighted by atomic mass is 16.5. The van der Waals surface area contributed by atoms with Crippen LogP contribution in [-0.4, -0.2) is 17.0 Å². The van der Waals surface area contributed by atoms with Crippen LogP contribution in [0.3, 0.4) is 0 Å². The molecular weight excluding hydrogens is 340 g/mol. The first-order valence-corrected chi connectivity index (χ1v) is 9.04. The van der Waals surface area contributed by atoms with Gasteiger partial charge < -0.3 is 9.84 Å². The molecule has 4 rings (SSSR count). The average molecular weight is 360 g/mol. The summed E-state index contributed by atoms with van der Waals surface area (Å²) in [4.78, 5) is 24.6. The highest BCUT2D eigenvalue weighted by Gasteiger charge is 2.56. The number of hydrogen-bond donors (Lipinski definition) is 1. The zero-order chi connectivity index (χ0) is 19.0. The van der Waals surface area contributed by atoms with E-state index in [4.69, 9.17) is 4.74 Å². The van der Waals surface area contributed by atoms with Gasteiger partial charge in [0.05, 0.1) is 11.8 Å². The fourth-order valence-electron chi connectivity index (χ4n) is 4.20. The van der Waals surface area contributed by atoms with Crippen LogP contribution in [0.5, 0.6) is 5.75 Å². The smallest absolute Gasteiger partial charge is 0.315 e. The Balaban J connectivity index is 1.60. The van der Waals surface area contributed by atoms with E-state index in [1.165, 1.54) is 0 Å². The van der Waals surface area contributed by atoms with Gasteiger partial charge >= 0.3 is 11.9 Å². The lowest BCUT2D eigenvalue weighted by molar-refractivity contribution is -0.162. The third-order valence-corrected chi connectivity index (χ3v) is 5.59. The van der Waals surface area contributed by atoms with Crippen LogP contribution in [0.4, 0.5) is 0 Å². The number of ether oxygens (including phenoxy) is 1. The molecule has 3 aromatic carbocycles. The molecule has 0 aliphatic heterocycles. The highest BCUT2D eigenvalue weighted by Crippen LogP contribution is 2.52. The lowest BCUT2D eigenvalue weighted by Crippen LogP contribution is -2.52. The summed E-state index contributed by atoms with van der Waals surface area (Å²) in [6, 6.07) is 22.7. The van der Waals surface area contributed by atoms with Gasteiger partial charge in [0.25, 0.3) is 0 Å². The summed E-state index contributed by atoms with van der Waals surface area (Å²) in [6.45, 7) is 1.81. The van der Waals surface area contributed by atoms with Crippen LogP contribution in [0.25, 0.3) is 10.8 Å². The molecule has 27 heavy (non-hydrogen) atoms. The fraction of sp³-hybridized carbons (Fsp3) is 0.217. The summed E-state index contributed by atoms with van der Waals surface area (Å²) >= 11 is 0. The van der Waals surface area contributed by atoms with E-state index in [2.05, 4.69) is 0 Å². The van der Waals surface area contributed by atoms with Crippen LogP contribution in [0.15, 0.2) is 72.8 Å². The fourth-order valence-corrected chi connectivity index (χ4v) is 4.20. The van der Waals surface area contributed by atoms with E-state index in [1.54, 1.807) is 6.07 Å². The Hall–Kier alpha value is -3.14. The van der Waals surface area contributed by atoms with E-state index < -0.39 is 17.8 Å². The lowest BCUT2D eigenvalue weighted by Gasteiger charge is -2.47. The van der Waals surface area contributed by atoms with E-state index in [0.29, 0.717) is 5.75 Å². The number of carboxylic acid groups (broad SMARTS) is 1. The van der Waals surface area contributed by atoms with Gasteiger partial charge in [-0.2, -0.15) is 0 Å². The molecule has 4 atom stereocenters. The zero-order valence-electron chi connectivity index (χ0n) is 14.9. The van der Waals surface area contributed by atoms with Crippen molar-refractivity contribution < 1.29 is 19.4 Å². The Morgan fingerprint density at radius 2 is 1.52 bits per heavy atom. The Kier molecular flexibility index (Phi) is 4.40. The number of benzene rings is 3. The van der Waals surface area contributed by atoms with Gasteiger partial charge in [-0.25, -0.2) is 0 Å². The topological polar surface area (TPSA) is 63.6 Å². The predicted octanol–water partition coefficient (Wildman–Crippen LogP) is 4.50. The molecular formula is C23H20O4. The predicted molar refractivity (Wildman–Crippen MR) is 103 cm³/mol. The van der Waals surface area contributed by atoms with Crippen LogP contribution in [-0.2, 0) is 9.59 Å². The van der Waals surface area contributed by atoms with Crippen molar-refractivity contribution in [2.24, 2.45) is 17.8 Å². The molecule has 1 fully saturated rings. The molecule has 0 bridgehead atoms. The largest absolute Gasteiger partial charge is 0.481 e. The number of esters is 1. The molecule has 0 unspecified atom stereocenters. The third-order valence-electron chi connectivity index (χ3n) is 5.59. The van der Waals surface area contributed by atoms with Crippen molar-refractivity contribution in [3.05, 3.63) is 78.4 Å². The summed E-state index contributed by atoms with van der Waals surface area (Å²) in [5.74, 6) is -2.46. The number of carboxylic acids is 1. The van der Waals surface area contributed by atoms with Gasteiger partial charge in [0.15, 0.2) is 0 Å². The van der Waals surface area contributed by atoms with Crippen molar-refractivity contribution >= 4 is 22.7 Å². The maximum atomic E-state index is 12.9. The van der Waals surface area contributed by atoms with E-state index in [1.807, 2.05) is 73.7 Å². The van der Waals surface area contributed by atoms with E-state index in [9.17, 15) is 14.7 Å². The minimum absolute atomic E-state index is 0.277. The van der Waals surface area contributed by atoms with Crippen LogP contribution < -0.4 is 4.74 Å². The van der Waals surface area contributed by atoms with Crippen LogP contribution in [0.2, 0.25) is 0 Å². The molecule has 0 heterocycles. The molecule has 0 radical (unpaired) electrons. The second-order valence-corrected chi connectivity index (χ2v) is 7.12. The summed E-state index contributed by atoms with van der Waals surface area (Å²) < 4.78 is 5.64. The first kappa shape index (κ1) is 17.3. The number of carbonyl (C=O) groups is 2. The maximum Gasteiger partial charge on any atom is 0.315 e. The van der Waals surface area contributed by atoms with E-state index in [-0.39, 0.29) is 17.8 Å². The van der Waals surface area contributed by atoms with Gasteiger partial charge in [-0.1, -0.05) is 67.6 Å². The SMILES string of the molecule is C[C@H]1[C@@H](C(=O)O)[C@H](c2ccccc2)[C@@H]1C(=O)Oc1ccc2ccccc2c1. The molecule has 1 aliphatic rings. The number of carbonyl (C=O) groups excluding carboxylic acids is 1.